The second-order valence-corrected chi connectivity index (χ2v) is 9.54. The lowest BCUT2D eigenvalue weighted by atomic mass is 9.89. The van der Waals surface area contributed by atoms with Crippen LogP contribution in [0, 0.1) is 0 Å². The van der Waals surface area contributed by atoms with E-state index in [1.54, 1.807) is 24.9 Å². The van der Waals surface area contributed by atoms with Gasteiger partial charge in [0.2, 0.25) is 5.91 Å². The number of amides is 2. The molecule has 1 saturated heterocycles. The lowest BCUT2D eigenvalue weighted by Gasteiger charge is -2.35. The van der Waals surface area contributed by atoms with Crippen molar-refractivity contribution in [1.29, 1.82) is 0 Å². The highest BCUT2D eigenvalue weighted by Gasteiger charge is 2.33. The highest BCUT2D eigenvalue weighted by molar-refractivity contribution is 6.01. The molecular weight excluding hydrogens is 488 g/mol. The summed E-state index contributed by atoms with van der Waals surface area (Å²) in [5.74, 6) is 0.456. The summed E-state index contributed by atoms with van der Waals surface area (Å²) in [6.45, 7) is 2.43. The first-order valence-corrected chi connectivity index (χ1v) is 12.8. The van der Waals surface area contributed by atoms with Crippen molar-refractivity contribution in [3.8, 4) is 11.3 Å². The number of morpholine rings is 1. The number of pyridine rings is 1. The molecule has 2 atom stereocenters. The maximum Gasteiger partial charge on any atom is 0.257 e. The summed E-state index contributed by atoms with van der Waals surface area (Å²) in [5, 5.41) is 11.5. The van der Waals surface area contributed by atoms with Gasteiger partial charge in [-0.15, -0.1) is 0 Å². The van der Waals surface area contributed by atoms with Gasteiger partial charge in [-0.05, 0) is 25.0 Å². The van der Waals surface area contributed by atoms with Crippen LogP contribution < -0.4 is 10.6 Å². The molecule has 6 rings (SSSR count). The molecule has 2 aliphatic rings. The van der Waals surface area contributed by atoms with Crippen LogP contribution in [0.25, 0.3) is 27.9 Å². The third kappa shape index (κ3) is 4.25. The molecule has 2 amide bonds. The summed E-state index contributed by atoms with van der Waals surface area (Å²) in [7, 11) is 3.45. The van der Waals surface area contributed by atoms with E-state index in [1.807, 2.05) is 33.9 Å². The number of rotatable bonds is 7. The Morgan fingerprint density at radius 1 is 1.21 bits per heavy atom. The fourth-order valence-corrected chi connectivity index (χ4v) is 5.11. The zero-order chi connectivity index (χ0) is 26.2. The lowest BCUT2D eigenvalue weighted by molar-refractivity contribution is -0.135. The number of nitrogens with one attached hydrogen (secondary N) is 2. The zero-order valence-electron chi connectivity index (χ0n) is 21.4. The van der Waals surface area contributed by atoms with Crippen molar-refractivity contribution in [2.24, 2.45) is 0 Å². The van der Waals surface area contributed by atoms with E-state index in [4.69, 9.17) is 14.5 Å². The number of carbonyl (C=O) groups is 2. The van der Waals surface area contributed by atoms with Crippen LogP contribution in [0.2, 0.25) is 0 Å². The van der Waals surface area contributed by atoms with E-state index < -0.39 is 0 Å². The van der Waals surface area contributed by atoms with Gasteiger partial charge in [-0.1, -0.05) is 0 Å². The van der Waals surface area contributed by atoms with E-state index in [0.29, 0.717) is 54.7 Å². The molecule has 0 radical (unpaired) electrons. The predicted molar refractivity (Wildman–Crippen MR) is 140 cm³/mol. The van der Waals surface area contributed by atoms with E-state index in [-0.39, 0.29) is 30.5 Å². The third-order valence-corrected chi connectivity index (χ3v) is 7.38. The fourth-order valence-electron chi connectivity index (χ4n) is 5.11. The largest absolute Gasteiger partial charge is 0.379 e. The van der Waals surface area contributed by atoms with E-state index >= 15 is 0 Å². The summed E-state index contributed by atoms with van der Waals surface area (Å²) in [4.78, 5) is 37.4. The van der Waals surface area contributed by atoms with Crippen LogP contribution in [0.5, 0.6) is 0 Å². The Kier molecular flexibility index (Phi) is 6.42. The van der Waals surface area contributed by atoms with E-state index in [9.17, 15) is 9.59 Å². The summed E-state index contributed by atoms with van der Waals surface area (Å²) in [6.07, 6.45) is 6.98. The van der Waals surface area contributed by atoms with Crippen molar-refractivity contribution in [3.63, 3.8) is 0 Å². The van der Waals surface area contributed by atoms with Crippen LogP contribution in [-0.2, 0) is 20.8 Å². The van der Waals surface area contributed by atoms with Crippen molar-refractivity contribution in [3.05, 3.63) is 42.4 Å². The molecule has 0 spiro atoms. The predicted octanol–water partition coefficient (Wildman–Crippen LogP) is 1.55. The molecule has 5 heterocycles. The van der Waals surface area contributed by atoms with Gasteiger partial charge in [0.05, 0.1) is 37.3 Å². The van der Waals surface area contributed by atoms with Gasteiger partial charge in [-0.2, -0.15) is 9.61 Å². The summed E-state index contributed by atoms with van der Waals surface area (Å²) in [5.41, 5.74) is 2.97. The molecule has 1 aliphatic heterocycles. The van der Waals surface area contributed by atoms with Crippen molar-refractivity contribution >= 4 is 34.3 Å². The monoisotopic (exact) mass is 518 g/mol. The van der Waals surface area contributed by atoms with E-state index in [1.165, 1.54) is 6.20 Å². The average Bonchev–Trinajstić information content (AvgIpc) is 3.53. The molecule has 12 nitrogen and oxygen atoms in total. The second-order valence-electron chi connectivity index (χ2n) is 9.54. The van der Waals surface area contributed by atoms with Crippen molar-refractivity contribution in [2.75, 3.05) is 45.8 Å². The Morgan fingerprint density at radius 2 is 2.05 bits per heavy atom. The maximum absolute atomic E-state index is 13.2. The first-order valence-electron chi connectivity index (χ1n) is 12.8. The van der Waals surface area contributed by atoms with Gasteiger partial charge in [0.1, 0.15) is 23.6 Å². The minimum absolute atomic E-state index is 0.0156. The van der Waals surface area contributed by atoms with Crippen LogP contribution in [0.3, 0.4) is 0 Å². The van der Waals surface area contributed by atoms with Gasteiger partial charge in [-0.25, -0.2) is 9.97 Å². The Morgan fingerprint density at radius 3 is 2.79 bits per heavy atom. The minimum atomic E-state index is -0.237. The quantitative estimate of drug-likeness (QED) is 0.377. The fraction of sp³-hybridized carbons (Fsp3) is 0.423. The van der Waals surface area contributed by atoms with E-state index in [0.717, 1.165) is 23.8 Å². The molecule has 12 heteroatoms. The van der Waals surface area contributed by atoms with Crippen molar-refractivity contribution in [2.45, 2.75) is 31.5 Å². The van der Waals surface area contributed by atoms with Crippen molar-refractivity contribution < 1.29 is 19.1 Å². The molecule has 4 aromatic heterocycles. The zero-order valence-corrected chi connectivity index (χ0v) is 21.4. The minimum Gasteiger partial charge on any atom is -0.379 e. The molecule has 1 aliphatic carbocycles. The first-order chi connectivity index (χ1) is 18.6. The molecule has 1 saturated carbocycles. The summed E-state index contributed by atoms with van der Waals surface area (Å²) >= 11 is 0. The molecule has 2 fully saturated rings. The standard InChI is InChI=1S/C26H30N8O4/c1-27-22-12-20(30-25-17(13-29-34(22)25)26(36)31-19-5-6-21(19)37-2)18-14-33(24-16(18)4-3-7-28-24)15-23(35)32-8-10-38-11-9-32/h3-4,7,12-14,19,21,27H,5-6,8-11,15H2,1-2H3,(H,31,36)/t19-,21-/m0/s1. The molecular formula is C26H30N8O4. The number of hydrogen-bond donors (Lipinski definition) is 2. The number of nitrogens with zero attached hydrogens (tertiary/aromatic N) is 6. The van der Waals surface area contributed by atoms with Crippen LogP contribution in [0.15, 0.2) is 36.8 Å². The Hall–Kier alpha value is -4.03. The smallest absolute Gasteiger partial charge is 0.257 e. The Labute approximate surface area is 218 Å². The third-order valence-electron chi connectivity index (χ3n) is 7.38. The SMILES string of the molecule is CNc1cc(-c2cn(CC(=O)N3CCOCC3)c3ncccc23)nc2c(C(=O)N[C@H]3CC[C@@H]3OC)cnn12. The number of anilines is 1. The lowest BCUT2D eigenvalue weighted by Crippen LogP contribution is -2.51. The molecule has 0 unspecified atom stereocenters. The maximum atomic E-state index is 13.2. The topological polar surface area (TPSA) is 128 Å². The first kappa shape index (κ1) is 24.3. The van der Waals surface area contributed by atoms with Gasteiger partial charge in [0.25, 0.3) is 5.91 Å². The van der Waals surface area contributed by atoms with Crippen molar-refractivity contribution in [1.82, 2.24) is 34.4 Å². The van der Waals surface area contributed by atoms with Crippen LogP contribution in [-0.4, -0.2) is 93.5 Å². The number of aromatic nitrogens is 5. The number of methoxy groups -OCH3 is 1. The van der Waals surface area contributed by atoms with Crippen LogP contribution in [0.4, 0.5) is 5.82 Å². The van der Waals surface area contributed by atoms with Gasteiger partial charge in [-0.3, -0.25) is 9.59 Å². The Balaban J connectivity index is 1.38. The number of carbonyl (C=O) groups excluding carboxylic acids is 2. The van der Waals surface area contributed by atoms with E-state index in [2.05, 4.69) is 20.7 Å². The Bertz CT molecular complexity index is 1500. The molecule has 38 heavy (non-hydrogen) atoms. The van der Waals surface area contributed by atoms with Gasteiger partial charge < -0.3 is 29.6 Å². The normalized spacial score (nSPS) is 19.5. The number of fused-ring (bicyclic) bond motifs is 2. The molecule has 2 N–H and O–H groups in total. The summed E-state index contributed by atoms with van der Waals surface area (Å²) < 4.78 is 14.3. The second kappa shape index (κ2) is 10.0. The van der Waals surface area contributed by atoms with Crippen LogP contribution in [0.1, 0.15) is 23.2 Å². The molecule has 0 aromatic carbocycles. The van der Waals surface area contributed by atoms with Gasteiger partial charge in [0.15, 0.2) is 5.65 Å². The molecule has 0 bridgehead atoms. The van der Waals surface area contributed by atoms with Crippen LogP contribution >= 0.6 is 0 Å². The average molecular weight is 519 g/mol. The summed E-state index contributed by atoms with van der Waals surface area (Å²) in [6, 6.07) is 5.68. The number of hydrogen-bond acceptors (Lipinski definition) is 8. The molecule has 4 aromatic rings. The molecule has 198 valence electrons. The highest BCUT2D eigenvalue weighted by atomic mass is 16.5. The van der Waals surface area contributed by atoms with Gasteiger partial charge >= 0.3 is 0 Å². The highest BCUT2D eigenvalue weighted by Crippen LogP contribution is 2.31. The van der Waals surface area contributed by atoms with Gasteiger partial charge in [0, 0.05) is 56.7 Å². The number of ether oxygens (including phenoxy) is 2.